The Hall–Kier alpha value is -1.82. The summed E-state index contributed by atoms with van der Waals surface area (Å²) in [7, 11) is 0. The predicted octanol–water partition coefficient (Wildman–Crippen LogP) is 2.96. The summed E-state index contributed by atoms with van der Waals surface area (Å²) >= 11 is 11.7. The maximum atomic E-state index is 6.28. The van der Waals surface area contributed by atoms with Crippen molar-refractivity contribution in [1.29, 1.82) is 0 Å². The molecule has 2 aromatic rings. The van der Waals surface area contributed by atoms with E-state index in [9.17, 15) is 0 Å². The number of halogens is 1. The van der Waals surface area contributed by atoms with Gasteiger partial charge in [0.15, 0.2) is 5.11 Å². The summed E-state index contributed by atoms with van der Waals surface area (Å²) in [6.45, 7) is 12.6. The summed E-state index contributed by atoms with van der Waals surface area (Å²) in [6.07, 6.45) is 0. The molecule has 3 rings (SSSR count). The smallest absolute Gasteiger partial charge is 0.170 e. The number of thiocarbonyl (C=S) groups is 1. The summed E-state index contributed by atoms with van der Waals surface area (Å²) in [5, 5.41) is 8.20. The van der Waals surface area contributed by atoms with Crippen LogP contribution in [0.4, 0.5) is 11.4 Å². The van der Waals surface area contributed by atoms with Gasteiger partial charge in [-0.15, -0.1) is 0 Å². The number of quaternary nitrogens is 1. The van der Waals surface area contributed by atoms with Crippen molar-refractivity contribution < 1.29 is 4.90 Å². The summed E-state index contributed by atoms with van der Waals surface area (Å²) in [4.78, 5) is 4.06. The molecule has 0 bridgehead atoms. The average Bonchev–Trinajstić information content (AvgIpc) is 2.67. The molecule has 1 aliphatic rings. The first-order chi connectivity index (χ1) is 13.4. The Morgan fingerprint density at radius 1 is 1.14 bits per heavy atom. The van der Waals surface area contributed by atoms with Gasteiger partial charge in [0.2, 0.25) is 0 Å². The molecule has 0 amide bonds. The lowest BCUT2D eigenvalue weighted by Gasteiger charge is -2.34. The Morgan fingerprint density at radius 3 is 2.61 bits per heavy atom. The molecule has 4 nitrogen and oxygen atoms in total. The van der Waals surface area contributed by atoms with E-state index in [1.807, 2.05) is 12.1 Å². The van der Waals surface area contributed by atoms with E-state index in [-0.39, 0.29) is 0 Å². The first-order valence-corrected chi connectivity index (χ1v) is 10.7. The lowest BCUT2D eigenvalue weighted by atomic mass is 10.1. The molecular formula is C22H30ClN4S+. The van der Waals surface area contributed by atoms with Crippen molar-refractivity contribution in [3.8, 4) is 0 Å². The Morgan fingerprint density at radius 2 is 1.89 bits per heavy atom. The maximum Gasteiger partial charge on any atom is 0.170 e. The second-order valence-electron chi connectivity index (χ2n) is 7.57. The van der Waals surface area contributed by atoms with E-state index in [1.165, 1.54) is 22.4 Å². The van der Waals surface area contributed by atoms with E-state index < -0.39 is 0 Å². The molecule has 0 spiro atoms. The molecule has 3 N–H and O–H groups in total. The molecule has 1 fully saturated rings. The second-order valence-corrected chi connectivity index (χ2v) is 8.39. The van der Waals surface area contributed by atoms with Crippen LogP contribution in [0.25, 0.3) is 0 Å². The maximum absolute atomic E-state index is 6.28. The van der Waals surface area contributed by atoms with Crippen molar-refractivity contribution in [2.75, 3.05) is 49.5 Å². The van der Waals surface area contributed by atoms with Crippen LogP contribution in [0, 0.1) is 20.8 Å². The molecular weight excluding hydrogens is 388 g/mol. The van der Waals surface area contributed by atoms with E-state index in [2.05, 4.69) is 60.6 Å². The Bertz CT molecular complexity index is 831. The minimum atomic E-state index is 0.694. The van der Waals surface area contributed by atoms with Crippen LogP contribution < -0.4 is 20.4 Å². The van der Waals surface area contributed by atoms with E-state index >= 15 is 0 Å². The summed E-state index contributed by atoms with van der Waals surface area (Å²) < 4.78 is 0. The number of piperazine rings is 1. The first-order valence-electron chi connectivity index (χ1n) is 9.90. The number of hydrogen-bond acceptors (Lipinski definition) is 2. The lowest BCUT2D eigenvalue weighted by Crippen LogP contribution is -3.15. The standard InChI is InChI=1S/C22H29ClN4S/c1-16-7-8-20(17(2)15-16)25-22(28)24-9-10-26-11-13-27(14-12-26)21-6-4-5-19(23)18(21)3/h4-8,15H,9-14H2,1-3H3,(H2,24,25,28)/p+1. The minimum Gasteiger partial charge on any atom is -0.360 e. The van der Waals surface area contributed by atoms with Crippen molar-refractivity contribution in [2.45, 2.75) is 20.8 Å². The minimum absolute atomic E-state index is 0.694. The summed E-state index contributed by atoms with van der Waals surface area (Å²) in [5.41, 5.74) is 5.99. The third kappa shape index (κ3) is 5.37. The van der Waals surface area contributed by atoms with Gasteiger partial charge < -0.3 is 20.4 Å². The first kappa shape index (κ1) is 20.9. The molecule has 2 aromatic carbocycles. The van der Waals surface area contributed by atoms with E-state index in [4.69, 9.17) is 23.8 Å². The highest BCUT2D eigenvalue weighted by molar-refractivity contribution is 7.80. The van der Waals surface area contributed by atoms with Crippen LogP contribution in [0.15, 0.2) is 36.4 Å². The lowest BCUT2D eigenvalue weighted by molar-refractivity contribution is -0.899. The van der Waals surface area contributed by atoms with Gasteiger partial charge in [-0.25, -0.2) is 0 Å². The molecule has 0 atom stereocenters. The van der Waals surface area contributed by atoms with E-state index in [0.717, 1.165) is 50.0 Å². The third-order valence-electron chi connectivity index (χ3n) is 5.44. The number of hydrogen-bond donors (Lipinski definition) is 3. The van der Waals surface area contributed by atoms with Crippen LogP contribution in [0.1, 0.15) is 16.7 Å². The summed E-state index contributed by atoms with van der Waals surface area (Å²) in [6, 6.07) is 12.5. The van der Waals surface area contributed by atoms with Gasteiger partial charge >= 0.3 is 0 Å². The quantitative estimate of drug-likeness (QED) is 0.653. The molecule has 0 unspecified atom stereocenters. The molecule has 1 heterocycles. The third-order valence-corrected chi connectivity index (χ3v) is 6.10. The zero-order chi connectivity index (χ0) is 20.1. The number of nitrogens with one attached hydrogen (secondary N) is 3. The Labute approximate surface area is 178 Å². The number of benzene rings is 2. The predicted molar refractivity (Wildman–Crippen MR) is 124 cm³/mol. The monoisotopic (exact) mass is 417 g/mol. The van der Waals surface area contributed by atoms with Crippen LogP contribution in [-0.4, -0.2) is 44.4 Å². The SMILES string of the molecule is Cc1ccc(NC(=S)NCC[NH+]2CCN(c3cccc(Cl)c3C)CC2)c(C)c1. The van der Waals surface area contributed by atoms with E-state index in [1.54, 1.807) is 4.90 Å². The number of rotatable bonds is 5. The fraction of sp³-hybridized carbons (Fsp3) is 0.409. The van der Waals surface area contributed by atoms with Crippen molar-refractivity contribution in [2.24, 2.45) is 0 Å². The van der Waals surface area contributed by atoms with Crippen molar-refractivity contribution in [3.63, 3.8) is 0 Å². The molecule has 6 heteroatoms. The zero-order valence-electron chi connectivity index (χ0n) is 16.9. The van der Waals surface area contributed by atoms with Gasteiger partial charge in [-0.1, -0.05) is 35.4 Å². The van der Waals surface area contributed by atoms with Crippen LogP contribution in [-0.2, 0) is 0 Å². The summed E-state index contributed by atoms with van der Waals surface area (Å²) in [5.74, 6) is 0. The van der Waals surface area contributed by atoms with Gasteiger partial charge in [0.25, 0.3) is 0 Å². The van der Waals surface area contributed by atoms with Gasteiger partial charge in [-0.2, -0.15) is 0 Å². The fourth-order valence-corrected chi connectivity index (χ4v) is 4.11. The molecule has 1 saturated heterocycles. The van der Waals surface area contributed by atoms with Gasteiger partial charge in [-0.05, 0) is 62.3 Å². The van der Waals surface area contributed by atoms with Gasteiger partial charge in [0, 0.05) is 16.4 Å². The fourth-order valence-electron chi connectivity index (χ4n) is 3.73. The second kappa shape index (κ2) is 9.59. The van der Waals surface area contributed by atoms with Crippen LogP contribution in [0.2, 0.25) is 5.02 Å². The number of nitrogens with zero attached hydrogens (tertiary/aromatic N) is 1. The average molecular weight is 418 g/mol. The van der Waals surface area contributed by atoms with Gasteiger partial charge in [-0.3, -0.25) is 0 Å². The topological polar surface area (TPSA) is 31.7 Å². The normalized spacial score (nSPS) is 14.8. The molecule has 28 heavy (non-hydrogen) atoms. The van der Waals surface area contributed by atoms with Crippen LogP contribution in [0.5, 0.6) is 0 Å². The number of anilines is 2. The van der Waals surface area contributed by atoms with Crippen molar-refractivity contribution >= 4 is 40.3 Å². The molecule has 1 aliphatic heterocycles. The molecule has 150 valence electrons. The van der Waals surface area contributed by atoms with Crippen molar-refractivity contribution in [1.82, 2.24) is 5.32 Å². The molecule has 0 saturated carbocycles. The van der Waals surface area contributed by atoms with E-state index in [0.29, 0.717) is 5.11 Å². The Balaban J connectivity index is 1.41. The van der Waals surface area contributed by atoms with Crippen LogP contribution >= 0.6 is 23.8 Å². The van der Waals surface area contributed by atoms with Gasteiger partial charge in [0.05, 0.1) is 39.3 Å². The highest BCUT2D eigenvalue weighted by atomic mass is 35.5. The molecule has 0 aromatic heterocycles. The molecule has 0 aliphatic carbocycles. The van der Waals surface area contributed by atoms with Crippen LogP contribution in [0.3, 0.4) is 0 Å². The Kier molecular flexibility index (Phi) is 7.16. The highest BCUT2D eigenvalue weighted by Crippen LogP contribution is 2.26. The highest BCUT2D eigenvalue weighted by Gasteiger charge is 2.21. The van der Waals surface area contributed by atoms with Gasteiger partial charge in [0.1, 0.15) is 0 Å². The zero-order valence-corrected chi connectivity index (χ0v) is 18.5. The largest absolute Gasteiger partial charge is 0.360 e. The molecule has 0 radical (unpaired) electrons. The number of aryl methyl sites for hydroxylation is 2. The van der Waals surface area contributed by atoms with Crippen molar-refractivity contribution in [3.05, 3.63) is 58.1 Å².